The maximum atomic E-state index is 12.4. The lowest BCUT2D eigenvalue weighted by atomic mass is 10.4. The molecule has 0 aromatic carbocycles. The summed E-state index contributed by atoms with van der Waals surface area (Å²) in [5.74, 6) is 0. The van der Waals surface area contributed by atoms with E-state index in [1.165, 1.54) is 4.31 Å². The van der Waals surface area contributed by atoms with Gasteiger partial charge in [0.05, 0.1) is 0 Å². The second-order valence-corrected chi connectivity index (χ2v) is 7.22. The summed E-state index contributed by atoms with van der Waals surface area (Å²) in [5, 5.41) is 3.20. The fraction of sp³-hybridized carbons (Fsp3) is 1.00. The van der Waals surface area contributed by atoms with Crippen LogP contribution in [0.3, 0.4) is 0 Å². The Balaban J connectivity index is 4.32. The smallest absolute Gasteiger partial charge is 0.281 e. The van der Waals surface area contributed by atoms with E-state index in [2.05, 4.69) is 10.2 Å². The van der Waals surface area contributed by atoms with E-state index < -0.39 is 10.2 Å². The second-order valence-electron chi connectivity index (χ2n) is 5.18. The molecule has 122 valence electrons. The van der Waals surface area contributed by atoms with Crippen LogP contribution in [0.2, 0.25) is 0 Å². The third-order valence-corrected chi connectivity index (χ3v) is 5.23. The Kier molecular flexibility index (Phi) is 10.4. The van der Waals surface area contributed by atoms with Crippen LogP contribution in [-0.2, 0) is 10.2 Å². The van der Waals surface area contributed by atoms with Gasteiger partial charge in [0.2, 0.25) is 0 Å². The molecule has 0 unspecified atom stereocenters. The van der Waals surface area contributed by atoms with E-state index in [1.54, 1.807) is 11.4 Å². The van der Waals surface area contributed by atoms with Crippen molar-refractivity contribution in [3.05, 3.63) is 0 Å². The Morgan fingerprint density at radius 3 is 2.10 bits per heavy atom. The van der Waals surface area contributed by atoms with Gasteiger partial charge in [-0.05, 0) is 46.6 Å². The number of nitrogens with one attached hydrogen (secondary N) is 1. The highest BCUT2D eigenvalue weighted by molar-refractivity contribution is 7.86. The topological polar surface area (TPSA) is 55.9 Å². The van der Waals surface area contributed by atoms with Gasteiger partial charge < -0.3 is 10.2 Å². The molecule has 20 heavy (non-hydrogen) atoms. The molecule has 0 aromatic rings. The van der Waals surface area contributed by atoms with Crippen molar-refractivity contribution in [3.63, 3.8) is 0 Å². The molecule has 1 N–H and O–H groups in total. The average Bonchev–Trinajstić information content (AvgIpc) is 2.38. The summed E-state index contributed by atoms with van der Waals surface area (Å²) in [7, 11) is 2.34. The molecule has 6 nitrogen and oxygen atoms in total. The lowest BCUT2D eigenvalue weighted by Crippen LogP contribution is -2.43. The highest BCUT2D eigenvalue weighted by Crippen LogP contribution is 2.07. The Hall–Kier alpha value is -0.210. The van der Waals surface area contributed by atoms with E-state index in [-0.39, 0.29) is 0 Å². The van der Waals surface area contributed by atoms with E-state index in [4.69, 9.17) is 0 Å². The van der Waals surface area contributed by atoms with Crippen LogP contribution < -0.4 is 5.32 Å². The number of nitrogens with zero attached hydrogens (tertiary/aromatic N) is 3. The van der Waals surface area contributed by atoms with Crippen LogP contribution in [0.15, 0.2) is 0 Å². The molecular formula is C13H32N4O2S. The SMILES string of the molecule is CCNCCCN(C)S(=O)(=O)N(CC)CCCN(C)C. The molecule has 0 aliphatic carbocycles. The van der Waals surface area contributed by atoms with E-state index in [0.29, 0.717) is 19.6 Å². The van der Waals surface area contributed by atoms with Crippen molar-refractivity contribution in [2.75, 3.05) is 60.4 Å². The van der Waals surface area contributed by atoms with Crippen molar-refractivity contribution >= 4 is 10.2 Å². The molecule has 0 amide bonds. The van der Waals surface area contributed by atoms with Gasteiger partial charge in [-0.25, -0.2) is 0 Å². The molecular weight excluding hydrogens is 276 g/mol. The average molecular weight is 308 g/mol. The quantitative estimate of drug-likeness (QED) is 0.532. The van der Waals surface area contributed by atoms with Gasteiger partial charge >= 0.3 is 0 Å². The first-order valence-electron chi connectivity index (χ1n) is 7.43. The highest BCUT2D eigenvalue weighted by atomic mass is 32.2. The van der Waals surface area contributed by atoms with Crippen LogP contribution in [0.4, 0.5) is 0 Å². The molecule has 7 heteroatoms. The zero-order valence-electron chi connectivity index (χ0n) is 13.7. The monoisotopic (exact) mass is 308 g/mol. The fourth-order valence-electron chi connectivity index (χ4n) is 1.92. The predicted molar refractivity (Wildman–Crippen MR) is 85.1 cm³/mol. The van der Waals surface area contributed by atoms with Gasteiger partial charge in [-0.3, -0.25) is 0 Å². The van der Waals surface area contributed by atoms with E-state index in [0.717, 1.165) is 32.5 Å². The Morgan fingerprint density at radius 2 is 1.60 bits per heavy atom. The van der Waals surface area contributed by atoms with Gasteiger partial charge in [-0.15, -0.1) is 0 Å². The van der Waals surface area contributed by atoms with Crippen LogP contribution in [0.1, 0.15) is 26.7 Å². The van der Waals surface area contributed by atoms with Gasteiger partial charge in [-0.1, -0.05) is 13.8 Å². The van der Waals surface area contributed by atoms with Crippen LogP contribution in [-0.4, -0.2) is 82.3 Å². The first kappa shape index (κ1) is 19.8. The van der Waals surface area contributed by atoms with Crippen molar-refractivity contribution in [1.29, 1.82) is 0 Å². The van der Waals surface area contributed by atoms with Gasteiger partial charge in [0, 0.05) is 26.7 Å². The molecule has 0 heterocycles. The molecule has 0 aliphatic rings. The molecule has 0 radical (unpaired) electrons. The van der Waals surface area contributed by atoms with Crippen LogP contribution in [0, 0.1) is 0 Å². The lowest BCUT2D eigenvalue weighted by Gasteiger charge is -2.27. The lowest BCUT2D eigenvalue weighted by molar-refractivity contribution is 0.333. The summed E-state index contributed by atoms with van der Waals surface area (Å²) >= 11 is 0. The van der Waals surface area contributed by atoms with Gasteiger partial charge in [0.15, 0.2) is 0 Å². The summed E-state index contributed by atoms with van der Waals surface area (Å²) in [5.41, 5.74) is 0. The number of hydrogen-bond donors (Lipinski definition) is 1. The Bertz CT molecular complexity index is 333. The van der Waals surface area contributed by atoms with E-state index in [1.807, 2.05) is 27.9 Å². The normalized spacial score (nSPS) is 12.8. The molecule has 0 rings (SSSR count). The standard InChI is InChI=1S/C13H32N4O2S/c1-6-14-10-8-12-16(5)20(18,19)17(7-2)13-9-11-15(3)4/h14H,6-13H2,1-5H3. The molecule has 0 saturated heterocycles. The molecule has 0 bridgehead atoms. The molecule has 0 aromatic heterocycles. The van der Waals surface area contributed by atoms with Crippen LogP contribution >= 0.6 is 0 Å². The van der Waals surface area contributed by atoms with Crippen molar-refractivity contribution in [2.24, 2.45) is 0 Å². The minimum absolute atomic E-state index is 0.521. The summed E-state index contributed by atoms with van der Waals surface area (Å²) < 4.78 is 27.9. The first-order valence-corrected chi connectivity index (χ1v) is 8.82. The van der Waals surface area contributed by atoms with Crippen LogP contribution in [0.25, 0.3) is 0 Å². The Labute approximate surface area is 125 Å². The van der Waals surface area contributed by atoms with Crippen molar-refractivity contribution in [3.8, 4) is 0 Å². The summed E-state index contributed by atoms with van der Waals surface area (Å²) in [6.45, 7) is 8.26. The maximum Gasteiger partial charge on any atom is 0.281 e. The van der Waals surface area contributed by atoms with Crippen molar-refractivity contribution in [2.45, 2.75) is 26.7 Å². The van der Waals surface area contributed by atoms with Gasteiger partial charge in [-0.2, -0.15) is 17.0 Å². The number of rotatable bonds is 12. The second kappa shape index (κ2) is 10.5. The van der Waals surface area contributed by atoms with E-state index in [9.17, 15) is 8.42 Å². The van der Waals surface area contributed by atoms with Crippen LogP contribution in [0.5, 0.6) is 0 Å². The van der Waals surface area contributed by atoms with Gasteiger partial charge in [0.1, 0.15) is 0 Å². The third kappa shape index (κ3) is 7.54. The number of hydrogen-bond acceptors (Lipinski definition) is 4. The van der Waals surface area contributed by atoms with Gasteiger partial charge in [0.25, 0.3) is 10.2 Å². The van der Waals surface area contributed by atoms with E-state index >= 15 is 0 Å². The molecule has 0 spiro atoms. The summed E-state index contributed by atoms with van der Waals surface area (Å²) in [6, 6.07) is 0. The highest BCUT2D eigenvalue weighted by Gasteiger charge is 2.24. The largest absolute Gasteiger partial charge is 0.317 e. The summed E-state index contributed by atoms with van der Waals surface area (Å²) in [6.07, 6.45) is 1.68. The molecule has 0 atom stereocenters. The minimum Gasteiger partial charge on any atom is -0.317 e. The van der Waals surface area contributed by atoms with Crippen molar-refractivity contribution < 1.29 is 8.42 Å². The Morgan fingerprint density at radius 1 is 0.950 bits per heavy atom. The zero-order valence-corrected chi connectivity index (χ0v) is 14.5. The zero-order chi connectivity index (χ0) is 15.6. The predicted octanol–water partition coefficient (Wildman–Crippen LogP) is 0.436. The van der Waals surface area contributed by atoms with Crippen molar-refractivity contribution in [1.82, 2.24) is 18.8 Å². The third-order valence-electron chi connectivity index (χ3n) is 3.16. The molecule has 0 aliphatic heterocycles. The summed E-state index contributed by atoms with van der Waals surface area (Å²) in [4.78, 5) is 2.07. The maximum absolute atomic E-state index is 12.4. The first-order chi connectivity index (χ1) is 9.36. The molecule has 0 fully saturated rings. The molecule has 0 saturated carbocycles. The fourth-order valence-corrected chi connectivity index (χ4v) is 3.36. The minimum atomic E-state index is -3.32.